The van der Waals surface area contributed by atoms with Crippen molar-refractivity contribution in [1.82, 2.24) is 4.98 Å². The summed E-state index contributed by atoms with van der Waals surface area (Å²) in [5, 5.41) is 3.36. The molecule has 0 saturated carbocycles. The van der Waals surface area contributed by atoms with E-state index in [1.165, 1.54) is 11.1 Å². The van der Waals surface area contributed by atoms with Crippen LogP contribution < -0.4 is 5.32 Å². The molecule has 5 heteroatoms. The fraction of sp³-hybridized carbons (Fsp3) is 0.455. The van der Waals surface area contributed by atoms with E-state index >= 15 is 0 Å². The molecule has 1 aromatic carbocycles. The predicted octanol–water partition coefficient (Wildman–Crippen LogP) is 4.60. The van der Waals surface area contributed by atoms with Crippen molar-refractivity contribution in [2.75, 3.05) is 18.5 Å². The highest BCUT2D eigenvalue weighted by Gasteiger charge is 2.24. The van der Waals surface area contributed by atoms with Gasteiger partial charge in [-0.15, -0.1) is 0 Å². The third-order valence-electron chi connectivity index (χ3n) is 4.99. The average molecular weight is 368 g/mol. The van der Waals surface area contributed by atoms with Gasteiger partial charge >= 0.3 is 5.97 Å². The maximum Gasteiger partial charge on any atom is 0.338 e. The predicted molar refractivity (Wildman–Crippen MR) is 106 cm³/mol. The van der Waals surface area contributed by atoms with Gasteiger partial charge in [-0.1, -0.05) is 29.8 Å². The van der Waals surface area contributed by atoms with E-state index in [0.29, 0.717) is 24.5 Å². The van der Waals surface area contributed by atoms with Gasteiger partial charge in [0, 0.05) is 18.3 Å². The van der Waals surface area contributed by atoms with Crippen LogP contribution in [0.4, 0.5) is 5.82 Å². The molecule has 0 radical (unpaired) electrons. The Bertz CT molecular complexity index is 774. The minimum Gasteiger partial charge on any atom is -0.462 e. The van der Waals surface area contributed by atoms with Crippen molar-refractivity contribution in [3.8, 4) is 0 Å². The largest absolute Gasteiger partial charge is 0.462 e. The van der Waals surface area contributed by atoms with Crippen LogP contribution in [0.25, 0.3) is 0 Å². The fourth-order valence-electron chi connectivity index (χ4n) is 3.43. The zero-order valence-corrected chi connectivity index (χ0v) is 16.3. The molecule has 5 nitrogen and oxygen atoms in total. The number of nitrogens with zero attached hydrogens (tertiary/aromatic N) is 1. The minimum absolute atomic E-state index is 0.123. The number of hydrogen-bond acceptors (Lipinski definition) is 5. The molecule has 0 unspecified atom stereocenters. The molecular weight excluding hydrogens is 340 g/mol. The van der Waals surface area contributed by atoms with Crippen LogP contribution in [0.3, 0.4) is 0 Å². The molecule has 1 aliphatic heterocycles. The van der Waals surface area contributed by atoms with Gasteiger partial charge < -0.3 is 14.8 Å². The van der Waals surface area contributed by atoms with Gasteiger partial charge in [0.25, 0.3) is 0 Å². The number of ether oxygens (including phenoxy) is 2. The molecule has 0 spiro atoms. The number of nitrogens with one attached hydrogen (secondary N) is 1. The smallest absolute Gasteiger partial charge is 0.338 e. The highest BCUT2D eigenvalue weighted by molar-refractivity contribution is 5.92. The van der Waals surface area contributed by atoms with Gasteiger partial charge in [0.05, 0.1) is 24.4 Å². The van der Waals surface area contributed by atoms with Gasteiger partial charge in [-0.2, -0.15) is 0 Å². The lowest BCUT2D eigenvalue weighted by Gasteiger charge is -2.31. The van der Waals surface area contributed by atoms with Crippen molar-refractivity contribution < 1.29 is 14.3 Å². The Morgan fingerprint density at radius 1 is 1.22 bits per heavy atom. The summed E-state index contributed by atoms with van der Waals surface area (Å²) in [5.74, 6) is 0.399. The third kappa shape index (κ3) is 4.86. The van der Waals surface area contributed by atoms with Crippen LogP contribution in [0.1, 0.15) is 59.3 Å². The van der Waals surface area contributed by atoms with Crippen LogP contribution in [-0.4, -0.2) is 30.2 Å². The number of pyridine rings is 1. The summed E-state index contributed by atoms with van der Waals surface area (Å²) < 4.78 is 11.4. The molecule has 2 atom stereocenters. The first-order chi connectivity index (χ1) is 13.1. The Balaban J connectivity index is 1.62. The number of hydrogen-bond donors (Lipinski definition) is 1. The molecule has 1 aromatic heterocycles. The molecule has 1 N–H and O–H groups in total. The Labute approximate surface area is 161 Å². The molecule has 0 bridgehead atoms. The number of carbonyl (C=O) groups excluding carboxylic acids is 1. The van der Waals surface area contributed by atoms with E-state index in [1.807, 2.05) is 6.92 Å². The molecule has 0 aliphatic carbocycles. The van der Waals surface area contributed by atoms with E-state index in [2.05, 4.69) is 41.5 Å². The standard InChI is InChI=1S/C22H28N2O3/c1-4-26-22(25)19-12-13-23-21(16(19)3)24-14-18-6-5-7-20(27-18)17-10-8-15(2)9-11-17/h8-13,18,20H,4-7,14H2,1-3H3,(H,23,24)/t18-,20+/m1/s1. The maximum absolute atomic E-state index is 12.0. The van der Waals surface area contributed by atoms with E-state index < -0.39 is 0 Å². The third-order valence-corrected chi connectivity index (χ3v) is 4.99. The Morgan fingerprint density at radius 2 is 2.00 bits per heavy atom. The number of aromatic nitrogens is 1. The second kappa shape index (κ2) is 9.00. The summed E-state index contributed by atoms with van der Waals surface area (Å²) in [6.07, 6.45) is 5.11. The first-order valence-electron chi connectivity index (χ1n) is 9.67. The SMILES string of the molecule is CCOC(=O)c1ccnc(NC[C@H]2CCC[C@@H](c3ccc(C)cc3)O2)c1C. The number of anilines is 1. The Hall–Kier alpha value is -2.40. The minimum atomic E-state index is -0.311. The highest BCUT2D eigenvalue weighted by Crippen LogP contribution is 2.31. The lowest BCUT2D eigenvalue weighted by Crippen LogP contribution is -2.29. The number of aryl methyl sites for hydroxylation is 1. The molecular formula is C22H28N2O3. The lowest BCUT2D eigenvalue weighted by atomic mass is 9.97. The summed E-state index contributed by atoms with van der Waals surface area (Å²) in [4.78, 5) is 16.4. The molecule has 27 heavy (non-hydrogen) atoms. The topological polar surface area (TPSA) is 60.5 Å². The zero-order valence-electron chi connectivity index (χ0n) is 16.3. The first-order valence-corrected chi connectivity index (χ1v) is 9.67. The molecule has 1 saturated heterocycles. The van der Waals surface area contributed by atoms with Gasteiger partial charge in [0.1, 0.15) is 5.82 Å². The maximum atomic E-state index is 12.0. The van der Waals surface area contributed by atoms with E-state index in [-0.39, 0.29) is 18.2 Å². The van der Waals surface area contributed by atoms with E-state index in [0.717, 1.165) is 24.8 Å². The Kier molecular flexibility index (Phi) is 6.45. The molecule has 0 amide bonds. The fourth-order valence-corrected chi connectivity index (χ4v) is 3.43. The summed E-state index contributed by atoms with van der Waals surface area (Å²) >= 11 is 0. The summed E-state index contributed by atoms with van der Waals surface area (Å²) in [6.45, 7) is 6.82. The summed E-state index contributed by atoms with van der Waals surface area (Å²) in [5.41, 5.74) is 3.86. The lowest BCUT2D eigenvalue weighted by molar-refractivity contribution is -0.0442. The van der Waals surface area contributed by atoms with Gasteiger partial charge in [0.15, 0.2) is 0 Å². The zero-order chi connectivity index (χ0) is 19.2. The van der Waals surface area contributed by atoms with Gasteiger partial charge in [-0.05, 0) is 51.7 Å². The Morgan fingerprint density at radius 3 is 2.74 bits per heavy atom. The van der Waals surface area contributed by atoms with Crippen LogP contribution in [0, 0.1) is 13.8 Å². The van der Waals surface area contributed by atoms with Crippen LogP contribution in [0.5, 0.6) is 0 Å². The molecule has 1 aliphatic rings. The molecule has 1 fully saturated rings. The second-order valence-electron chi connectivity index (χ2n) is 7.02. The number of benzene rings is 1. The molecule has 144 valence electrons. The first kappa shape index (κ1) is 19.4. The molecule has 2 heterocycles. The average Bonchev–Trinajstić information content (AvgIpc) is 2.68. The second-order valence-corrected chi connectivity index (χ2v) is 7.02. The van der Waals surface area contributed by atoms with Crippen molar-refractivity contribution in [2.24, 2.45) is 0 Å². The van der Waals surface area contributed by atoms with Gasteiger partial charge in [0.2, 0.25) is 0 Å². The van der Waals surface area contributed by atoms with E-state index in [9.17, 15) is 4.79 Å². The summed E-state index contributed by atoms with van der Waals surface area (Å²) in [7, 11) is 0. The van der Waals surface area contributed by atoms with Gasteiger partial charge in [-0.3, -0.25) is 0 Å². The van der Waals surface area contributed by atoms with Gasteiger partial charge in [-0.25, -0.2) is 9.78 Å². The number of esters is 1. The van der Waals surface area contributed by atoms with Crippen molar-refractivity contribution in [3.05, 3.63) is 58.8 Å². The number of carbonyl (C=O) groups is 1. The quantitative estimate of drug-likeness (QED) is 0.755. The highest BCUT2D eigenvalue weighted by atomic mass is 16.5. The van der Waals surface area contributed by atoms with Crippen LogP contribution in [0.15, 0.2) is 36.5 Å². The van der Waals surface area contributed by atoms with Crippen LogP contribution in [0.2, 0.25) is 0 Å². The van der Waals surface area contributed by atoms with E-state index in [1.54, 1.807) is 19.2 Å². The van der Waals surface area contributed by atoms with Crippen molar-refractivity contribution in [3.63, 3.8) is 0 Å². The monoisotopic (exact) mass is 368 g/mol. The molecule has 2 aromatic rings. The van der Waals surface area contributed by atoms with E-state index in [4.69, 9.17) is 9.47 Å². The van der Waals surface area contributed by atoms with Crippen molar-refractivity contribution in [2.45, 2.75) is 52.2 Å². The van der Waals surface area contributed by atoms with Crippen LogP contribution >= 0.6 is 0 Å². The number of rotatable bonds is 6. The van der Waals surface area contributed by atoms with Crippen molar-refractivity contribution >= 4 is 11.8 Å². The summed E-state index contributed by atoms with van der Waals surface area (Å²) in [6, 6.07) is 10.3. The normalized spacial score (nSPS) is 19.5. The molecule has 3 rings (SSSR count). The van der Waals surface area contributed by atoms with Crippen LogP contribution in [-0.2, 0) is 9.47 Å². The van der Waals surface area contributed by atoms with Crippen molar-refractivity contribution in [1.29, 1.82) is 0 Å².